The van der Waals surface area contributed by atoms with E-state index in [2.05, 4.69) is 15.1 Å². The van der Waals surface area contributed by atoms with E-state index in [0.29, 0.717) is 15.7 Å². The molecule has 6 nitrogen and oxygen atoms in total. The molecule has 0 aliphatic carbocycles. The highest BCUT2D eigenvalue weighted by atomic mass is 35.5. The molecular weight excluding hydrogens is 281 g/mol. The van der Waals surface area contributed by atoms with Gasteiger partial charge >= 0.3 is 0 Å². The maximum Gasteiger partial charge on any atom is 0.292 e. The Morgan fingerprint density at radius 2 is 2.28 bits per heavy atom. The molecule has 94 valence electrons. The number of nitrogens with zero attached hydrogens (tertiary/aromatic N) is 2. The Labute approximate surface area is 112 Å². The molecule has 8 heteroatoms. The first-order chi connectivity index (χ1) is 8.54. The Morgan fingerprint density at radius 3 is 2.94 bits per heavy atom. The fourth-order valence-electron chi connectivity index (χ4n) is 1.27. The number of halogens is 2. The largest absolute Gasteiger partial charge is 0.539 e. The molecule has 1 aromatic carbocycles. The lowest BCUT2D eigenvalue weighted by Crippen LogP contribution is -2.41. The second-order valence-electron chi connectivity index (χ2n) is 3.39. The number of carbonyl (C=O) groups is 1. The quantitative estimate of drug-likeness (QED) is 0.853. The van der Waals surface area contributed by atoms with Crippen LogP contribution in [0.3, 0.4) is 0 Å². The summed E-state index contributed by atoms with van der Waals surface area (Å²) < 4.78 is 5.37. The van der Waals surface area contributed by atoms with Crippen LogP contribution < -0.4 is 15.1 Å². The zero-order valence-corrected chi connectivity index (χ0v) is 10.4. The molecule has 1 amide bonds. The van der Waals surface area contributed by atoms with Gasteiger partial charge in [-0.15, -0.1) is 0 Å². The van der Waals surface area contributed by atoms with Crippen molar-refractivity contribution in [2.75, 3.05) is 5.32 Å². The number of benzene rings is 1. The van der Waals surface area contributed by atoms with Gasteiger partial charge in [-0.3, -0.25) is 4.79 Å². The molecule has 0 atom stereocenters. The van der Waals surface area contributed by atoms with E-state index in [-0.39, 0.29) is 6.54 Å². The van der Waals surface area contributed by atoms with Crippen LogP contribution >= 0.6 is 23.2 Å². The Balaban J connectivity index is 2.05. The Bertz CT molecular complexity index is 585. The minimum Gasteiger partial charge on any atom is -0.539 e. The van der Waals surface area contributed by atoms with Crippen molar-refractivity contribution >= 4 is 34.8 Å². The van der Waals surface area contributed by atoms with E-state index in [1.807, 2.05) is 0 Å². The maximum absolute atomic E-state index is 11.6. The van der Waals surface area contributed by atoms with Crippen LogP contribution in [0.2, 0.25) is 10.0 Å². The van der Waals surface area contributed by atoms with Gasteiger partial charge in [-0.05, 0) is 18.2 Å². The van der Waals surface area contributed by atoms with Gasteiger partial charge in [-0.25, -0.2) is 0 Å². The van der Waals surface area contributed by atoms with Gasteiger partial charge in [0.2, 0.25) is 6.20 Å². The first-order valence-corrected chi connectivity index (χ1v) is 5.58. The lowest BCUT2D eigenvalue weighted by molar-refractivity contribution is -0.750. The molecule has 0 fully saturated rings. The molecule has 0 aliphatic heterocycles. The average Bonchev–Trinajstić information content (AvgIpc) is 2.69. The third-order valence-electron chi connectivity index (χ3n) is 2.00. The number of rotatable bonds is 3. The molecular formula is C10H7Cl2N3O3. The fourth-order valence-corrected chi connectivity index (χ4v) is 1.60. The summed E-state index contributed by atoms with van der Waals surface area (Å²) in [5.41, 5.74) is 0.389. The van der Waals surface area contributed by atoms with E-state index in [0.717, 1.165) is 10.9 Å². The number of hydrogen-bond donors (Lipinski definition) is 1. The van der Waals surface area contributed by atoms with Gasteiger partial charge in [-0.2, -0.15) is 0 Å². The van der Waals surface area contributed by atoms with Crippen molar-refractivity contribution in [2.24, 2.45) is 0 Å². The molecule has 0 bridgehead atoms. The third kappa shape index (κ3) is 3.12. The number of amides is 1. The van der Waals surface area contributed by atoms with E-state index < -0.39 is 11.9 Å². The van der Waals surface area contributed by atoms with Crippen LogP contribution in [0.4, 0.5) is 5.69 Å². The van der Waals surface area contributed by atoms with Crippen LogP contribution in [0.1, 0.15) is 0 Å². The zero-order chi connectivity index (χ0) is 13.1. The molecule has 1 N–H and O–H groups in total. The van der Waals surface area contributed by atoms with E-state index in [1.165, 1.54) is 6.07 Å². The minimum absolute atomic E-state index is 0.158. The second-order valence-corrected chi connectivity index (χ2v) is 4.23. The Kier molecular flexibility index (Phi) is 3.69. The van der Waals surface area contributed by atoms with Crippen molar-refractivity contribution in [2.45, 2.75) is 6.54 Å². The molecule has 0 saturated carbocycles. The predicted octanol–water partition coefficient (Wildman–Crippen LogP) is 0.981. The number of aromatic nitrogens is 2. The Morgan fingerprint density at radius 1 is 1.50 bits per heavy atom. The van der Waals surface area contributed by atoms with Gasteiger partial charge in [0, 0.05) is 5.02 Å². The van der Waals surface area contributed by atoms with Gasteiger partial charge in [0.25, 0.3) is 12.5 Å². The van der Waals surface area contributed by atoms with E-state index in [1.54, 1.807) is 12.1 Å². The maximum atomic E-state index is 11.6. The summed E-state index contributed by atoms with van der Waals surface area (Å²) in [5, 5.41) is 17.4. The second kappa shape index (κ2) is 5.24. The molecule has 2 aromatic rings. The molecule has 0 unspecified atom stereocenters. The normalized spacial score (nSPS) is 10.3. The van der Waals surface area contributed by atoms with Crippen molar-refractivity contribution in [3.8, 4) is 5.95 Å². The van der Waals surface area contributed by atoms with E-state index in [4.69, 9.17) is 23.2 Å². The van der Waals surface area contributed by atoms with Gasteiger partial charge in [0.15, 0.2) is 0 Å². The summed E-state index contributed by atoms with van der Waals surface area (Å²) >= 11 is 11.7. The number of hydrogen-bond acceptors (Lipinski definition) is 4. The number of anilines is 1. The van der Waals surface area contributed by atoms with Crippen molar-refractivity contribution in [3.05, 3.63) is 34.4 Å². The van der Waals surface area contributed by atoms with Crippen LogP contribution in [-0.4, -0.2) is 11.2 Å². The minimum atomic E-state index is -0.622. The topological polar surface area (TPSA) is 82.1 Å². The highest BCUT2D eigenvalue weighted by molar-refractivity contribution is 6.35. The molecule has 2 rings (SSSR count). The van der Waals surface area contributed by atoms with Gasteiger partial charge in [-0.1, -0.05) is 27.9 Å². The lowest BCUT2D eigenvalue weighted by atomic mass is 10.3. The SMILES string of the molecule is O=C(C[n+]1cc([O-])on1)Nc1cc(Cl)ccc1Cl. The third-order valence-corrected chi connectivity index (χ3v) is 2.56. The number of carbonyl (C=O) groups excluding carboxylic acids is 1. The van der Waals surface area contributed by atoms with Crippen LogP contribution in [0.5, 0.6) is 5.95 Å². The van der Waals surface area contributed by atoms with Crippen LogP contribution in [-0.2, 0) is 11.3 Å². The van der Waals surface area contributed by atoms with Gasteiger partial charge < -0.3 is 14.9 Å². The van der Waals surface area contributed by atoms with E-state index in [9.17, 15) is 9.90 Å². The highest BCUT2D eigenvalue weighted by Crippen LogP contribution is 2.25. The van der Waals surface area contributed by atoms with Crippen LogP contribution in [0.25, 0.3) is 0 Å². The molecule has 0 aliphatic rings. The summed E-state index contributed by atoms with van der Waals surface area (Å²) in [7, 11) is 0. The zero-order valence-electron chi connectivity index (χ0n) is 8.89. The number of nitrogens with one attached hydrogen (secondary N) is 1. The average molecular weight is 288 g/mol. The lowest BCUT2D eigenvalue weighted by Gasteiger charge is -2.04. The standard InChI is InChI=1S/C10H7Cl2N3O3/c11-6-1-2-7(12)8(3-6)13-9(16)4-15-5-10(17)18-14-15/h1-3,5H,4H2,(H-,13,14,16,17). The van der Waals surface area contributed by atoms with E-state index >= 15 is 0 Å². The Hall–Kier alpha value is -1.79. The van der Waals surface area contributed by atoms with Gasteiger partial charge in [0.05, 0.1) is 16.0 Å². The fraction of sp³-hybridized carbons (Fsp3) is 0.100. The molecule has 0 saturated heterocycles. The monoisotopic (exact) mass is 287 g/mol. The summed E-state index contributed by atoms with van der Waals surface area (Å²) in [6.45, 7) is -0.158. The molecule has 1 aromatic heterocycles. The first kappa shape index (κ1) is 12.7. The van der Waals surface area contributed by atoms with Crippen molar-refractivity contribution < 1.29 is 19.1 Å². The summed E-state index contributed by atoms with van der Waals surface area (Å²) in [6.07, 6.45) is 1.07. The summed E-state index contributed by atoms with van der Waals surface area (Å²) in [5.74, 6) is -1.03. The highest BCUT2D eigenvalue weighted by Gasteiger charge is 2.13. The van der Waals surface area contributed by atoms with Crippen molar-refractivity contribution in [1.82, 2.24) is 5.27 Å². The van der Waals surface area contributed by atoms with Crippen LogP contribution in [0, 0.1) is 0 Å². The molecule has 1 heterocycles. The van der Waals surface area contributed by atoms with Crippen molar-refractivity contribution in [1.29, 1.82) is 0 Å². The first-order valence-electron chi connectivity index (χ1n) is 4.83. The molecule has 0 spiro atoms. The predicted molar refractivity (Wildman–Crippen MR) is 61.2 cm³/mol. The van der Waals surface area contributed by atoms with Gasteiger partial charge in [0.1, 0.15) is 5.95 Å². The van der Waals surface area contributed by atoms with Crippen LogP contribution in [0.15, 0.2) is 28.9 Å². The summed E-state index contributed by atoms with van der Waals surface area (Å²) in [4.78, 5) is 11.6. The smallest absolute Gasteiger partial charge is 0.292 e. The molecule has 0 radical (unpaired) electrons. The van der Waals surface area contributed by atoms with Crippen molar-refractivity contribution in [3.63, 3.8) is 0 Å². The summed E-state index contributed by atoms with van der Waals surface area (Å²) in [6, 6.07) is 4.70. The molecule has 18 heavy (non-hydrogen) atoms.